The van der Waals surface area contributed by atoms with Crippen molar-refractivity contribution in [2.75, 3.05) is 16.3 Å². The Labute approximate surface area is 123 Å². The van der Waals surface area contributed by atoms with E-state index in [-0.39, 0.29) is 6.42 Å². The number of sulfonamides is 1. The molecule has 116 valence electrons. The van der Waals surface area contributed by atoms with Crippen LogP contribution in [0.15, 0.2) is 24.3 Å². The van der Waals surface area contributed by atoms with E-state index in [0.29, 0.717) is 11.4 Å². The van der Waals surface area contributed by atoms with Crippen molar-refractivity contribution in [1.29, 1.82) is 0 Å². The van der Waals surface area contributed by atoms with Crippen LogP contribution < -0.4 is 10.0 Å². The predicted octanol–water partition coefficient (Wildman–Crippen LogP) is 1.50. The Morgan fingerprint density at radius 3 is 2.05 bits per heavy atom. The number of carboxylic acid groups (broad SMARTS) is 1. The molecular weight excluding hydrogens is 296 g/mol. The standard InChI is InChI=1S/C13H18N2O5S/c1-13(2,12(17)18)8-11(16)14-9-4-6-10(7-5-9)15-21(3,19)20/h4-7,15H,8H2,1-3H3,(H,14,16)(H,17,18). The number of hydrogen-bond acceptors (Lipinski definition) is 4. The Morgan fingerprint density at radius 2 is 1.62 bits per heavy atom. The average Bonchev–Trinajstić information content (AvgIpc) is 2.28. The third-order valence-corrected chi connectivity index (χ3v) is 3.26. The molecule has 0 radical (unpaired) electrons. The van der Waals surface area contributed by atoms with Crippen LogP contribution in [0.4, 0.5) is 11.4 Å². The van der Waals surface area contributed by atoms with E-state index >= 15 is 0 Å². The van der Waals surface area contributed by atoms with Crippen LogP contribution in [0.3, 0.4) is 0 Å². The van der Waals surface area contributed by atoms with Crippen LogP contribution in [0.5, 0.6) is 0 Å². The molecule has 1 amide bonds. The van der Waals surface area contributed by atoms with E-state index in [1.165, 1.54) is 38.1 Å². The maximum Gasteiger partial charge on any atom is 0.309 e. The normalized spacial score (nSPS) is 11.8. The van der Waals surface area contributed by atoms with Gasteiger partial charge in [-0.3, -0.25) is 14.3 Å². The van der Waals surface area contributed by atoms with Crippen molar-refractivity contribution in [3.63, 3.8) is 0 Å². The summed E-state index contributed by atoms with van der Waals surface area (Å²) < 4.78 is 24.4. The summed E-state index contributed by atoms with van der Waals surface area (Å²) in [6.07, 6.45) is 0.877. The van der Waals surface area contributed by atoms with Crippen LogP contribution >= 0.6 is 0 Å². The molecule has 8 heteroatoms. The predicted molar refractivity (Wildman–Crippen MR) is 79.6 cm³/mol. The molecule has 1 aromatic rings. The van der Waals surface area contributed by atoms with Crippen molar-refractivity contribution < 1.29 is 23.1 Å². The highest BCUT2D eigenvalue weighted by Crippen LogP contribution is 2.22. The second-order valence-corrected chi connectivity index (χ2v) is 7.11. The third-order valence-electron chi connectivity index (χ3n) is 2.65. The van der Waals surface area contributed by atoms with Crippen molar-refractivity contribution in [3.8, 4) is 0 Å². The minimum Gasteiger partial charge on any atom is -0.481 e. The zero-order valence-corrected chi connectivity index (χ0v) is 12.8. The lowest BCUT2D eigenvalue weighted by Crippen LogP contribution is -2.29. The SMILES string of the molecule is CC(C)(CC(=O)Nc1ccc(NS(C)(=O)=O)cc1)C(=O)O. The van der Waals surface area contributed by atoms with Gasteiger partial charge in [0.1, 0.15) is 0 Å². The zero-order valence-electron chi connectivity index (χ0n) is 12.0. The molecule has 0 aliphatic carbocycles. The van der Waals surface area contributed by atoms with E-state index in [4.69, 9.17) is 5.11 Å². The molecule has 21 heavy (non-hydrogen) atoms. The molecule has 0 unspecified atom stereocenters. The Bertz CT molecular complexity index is 635. The number of anilines is 2. The highest BCUT2D eigenvalue weighted by Gasteiger charge is 2.30. The van der Waals surface area contributed by atoms with Crippen molar-refractivity contribution in [2.24, 2.45) is 5.41 Å². The Hall–Kier alpha value is -2.09. The van der Waals surface area contributed by atoms with Gasteiger partial charge in [0.15, 0.2) is 0 Å². The fraction of sp³-hybridized carbons (Fsp3) is 0.385. The number of benzene rings is 1. The van der Waals surface area contributed by atoms with Crippen molar-refractivity contribution >= 4 is 33.3 Å². The molecule has 0 bridgehead atoms. The van der Waals surface area contributed by atoms with E-state index in [9.17, 15) is 18.0 Å². The first-order valence-electron chi connectivity index (χ1n) is 6.11. The smallest absolute Gasteiger partial charge is 0.309 e. The summed E-state index contributed by atoms with van der Waals surface area (Å²) in [5.41, 5.74) is -0.316. The molecule has 0 aliphatic heterocycles. The Balaban J connectivity index is 2.68. The summed E-state index contributed by atoms with van der Waals surface area (Å²) in [7, 11) is -3.35. The average molecular weight is 314 g/mol. The van der Waals surface area contributed by atoms with Crippen molar-refractivity contribution in [3.05, 3.63) is 24.3 Å². The number of carboxylic acids is 1. The number of rotatable bonds is 6. The number of amides is 1. The van der Waals surface area contributed by atoms with Gasteiger partial charge in [-0.25, -0.2) is 8.42 Å². The maximum absolute atomic E-state index is 11.8. The molecule has 1 rings (SSSR count). The first-order valence-corrected chi connectivity index (χ1v) is 8.00. The second kappa shape index (κ2) is 6.13. The summed E-state index contributed by atoms with van der Waals surface area (Å²) in [6.45, 7) is 2.93. The fourth-order valence-corrected chi connectivity index (χ4v) is 2.08. The minimum absolute atomic E-state index is 0.161. The van der Waals surface area contributed by atoms with Crippen molar-refractivity contribution in [2.45, 2.75) is 20.3 Å². The van der Waals surface area contributed by atoms with E-state index in [2.05, 4.69) is 10.0 Å². The van der Waals surface area contributed by atoms with E-state index < -0.39 is 27.3 Å². The number of carbonyl (C=O) groups excluding carboxylic acids is 1. The van der Waals surface area contributed by atoms with Crippen molar-refractivity contribution in [1.82, 2.24) is 0 Å². The van der Waals surface area contributed by atoms with Gasteiger partial charge in [-0.15, -0.1) is 0 Å². The van der Waals surface area contributed by atoms with Gasteiger partial charge in [-0.05, 0) is 38.1 Å². The molecule has 0 fully saturated rings. The lowest BCUT2D eigenvalue weighted by Gasteiger charge is -2.18. The highest BCUT2D eigenvalue weighted by molar-refractivity contribution is 7.92. The van der Waals surface area contributed by atoms with Crippen LogP contribution in [0.1, 0.15) is 20.3 Å². The van der Waals surface area contributed by atoms with Gasteiger partial charge >= 0.3 is 5.97 Å². The largest absolute Gasteiger partial charge is 0.481 e. The second-order valence-electron chi connectivity index (χ2n) is 5.37. The lowest BCUT2D eigenvalue weighted by atomic mass is 9.89. The molecule has 1 aromatic carbocycles. The first kappa shape index (κ1) is 17.0. The molecule has 0 saturated carbocycles. The van der Waals surface area contributed by atoms with Crippen LogP contribution in [-0.4, -0.2) is 31.7 Å². The number of hydrogen-bond donors (Lipinski definition) is 3. The highest BCUT2D eigenvalue weighted by atomic mass is 32.2. The van der Waals surface area contributed by atoms with Crippen LogP contribution in [0, 0.1) is 5.41 Å². The Morgan fingerprint density at radius 1 is 1.14 bits per heavy atom. The topological polar surface area (TPSA) is 113 Å². The van der Waals surface area contributed by atoms with Gasteiger partial charge < -0.3 is 10.4 Å². The van der Waals surface area contributed by atoms with Gasteiger partial charge in [0.25, 0.3) is 0 Å². The van der Waals surface area contributed by atoms with Crippen LogP contribution in [0.2, 0.25) is 0 Å². The summed E-state index contributed by atoms with van der Waals surface area (Å²) >= 11 is 0. The summed E-state index contributed by atoms with van der Waals surface area (Å²) in [5, 5.41) is 11.5. The van der Waals surface area contributed by atoms with Gasteiger partial charge in [0, 0.05) is 17.8 Å². The summed E-state index contributed by atoms with van der Waals surface area (Å²) in [4.78, 5) is 22.7. The lowest BCUT2D eigenvalue weighted by molar-refractivity contribution is -0.148. The quantitative estimate of drug-likeness (QED) is 0.736. The Kier molecular flexibility index (Phi) is 4.95. The minimum atomic E-state index is -3.35. The summed E-state index contributed by atoms with van der Waals surface area (Å²) in [6, 6.07) is 6.05. The van der Waals surface area contributed by atoms with Gasteiger partial charge in [-0.2, -0.15) is 0 Å². The van der Waals surface area contributed by atoms with Crippen LogP contribution in [0.25, 0.3) is 0 Å². The molecule has 0 heterocycles. The van der Waals surface area contributed by atoms with E-state index in [0.717, 1.165) is 6.26 Å². The molecule has 0 aliphatic rings. The molecule has 0 spiro atoms. The number of carbonyl (C=O) groups is 2. The fourth-order valence-electron chi connectivity index (χ4n) is 1.52. The monoisotopic (exact) mass is 314 g/mol. The zero-order chi connectivity index (χ0) is 16.3. The molecule has 7 nitrogen and oxygen atoms in total. The number of nitrogens with one attached hydrogen (secondary N) is 2. The van der Waals surface area contributed by atoms with E-state index in [1.807, 2.05) is 0 Å². The molecule has 0 saturated heterocycles. The molecule has 3 N–H and O–H groups in total. The van der Waals surface area contributed by atoms with Gasteiger partial charge in [0.05, 0.1) is 11.7 Å². The van der Waals surface area contributed by atoms with Gasteiger partial charge in [-0.1, -0.05) is 0 Å². The van der Waals surface area contributed by atoms with Gasteiger partial charge in [0.2, 0.25) is 15.9 Å². The molecule has 0 aromatic heterocycles. The molecule has 0 atom stereocenters. The number of aliphatic carboxylic acids is 1. The first-order chi connectivity index (χ1) is 9.49. The molecular formula is C13H18N2O5S. The van der Waals surface area contributed by atoms with E-state index in [1.54, 1.807) is 0 Å². The maximum atomic E-state index is 11.8. The summed E-state index contributed by atoms with van der Waals surface area (Å²) in [5.74, 6) is -1.48. The van der Waals surface area contributed by atoms with Crippen LogP contribution in [-0.2, 0) is 19.6 Å². The third kappa shape index (κ3) is 5.82.